The second-order valence-corrected chi connectivity index (χ2v) is 5.03. The summed E-state index contributed by atoms with van der Waals surface area (Å²) in [5.74, 6) is -0.804. The van der Waals surface area contributed by atoms with Crippen LogP contribution in [0.1, 0.15) is 20.8 Å². The van der Waals surface area contributed by atoms with Crippen LogP contribution >= 0.6 is 0 Å². The van der Waals surface area contributed by atoms with E-state index in [4.69, 9.17) is 5.73 Å². The van der Waals surface area contributed by atoms with Gasteiger partial charge >= 0.3 is 0 Å². The standard InChI is InChI=1S/C13H17F2N3/c1-7(2)8(3)6-18-12-10(17-13(18)16)5-4-9(14)11(12)15/h4-5,7-8H,6H2,1-3H3,(H2,16,17). The normalized spacial score (nSPS) is 13.4. The lowest BCUT2D eigenvalue weighted by Gasteiger charge is -2.17. The van der Waals surface area contributed by atoms with Gasteiger partial charge in [-0.05, 0) is 24.0 Å². The molecule has 3 nitrogen and oxygen atoms in total. The number of nitrogen functional groups attached to an aromatic ring is 1. The van der Waals surface area contributed by atoms with E-state index in [1.54, 1.807) is 4.57 Å². The van der Waals surface area contributed by atoms with Gasteiger partial charge in [0.2, 0.25) is 5.95 Å². The molecule has 2 N–H and O–H groups in total. The van der Waals surface area contributed by atoms with E-state index < -0.39 is 11.6 Å². The van der Waals surface area contributed by atoms with Crippen molar-refractivity contribution in [2.24, 2.45) is 11.8 Å². The molecule has 0 aliphatic rings. The Kier molecular flexibility index (Phi) is 3.24. The fraction of sp³-hybridized carbons (Fsp3) is 0.462. The summed E-state index contributed by atoms with van der Waals surface area (Å²) in [5.41, 5.74) is 6.33. The maximum absolute atomic E-state index is 13.8. The Hall–Kier alpha value is -1.65. The number of aromatic nitrogens is 2. The second-order valence-electron chi connectivity index (χ2n) is 5.03. The van der Waals surface area contributed by atoms with E-state index in [1.165, 1.54) is 6.07 Å². The third-order valence-corrected chi connectivity index (χ3v) is 3.44. The van der Waals surface area contributed by atoms with E-state index in [9.17, 15) is 8.78 Å². The van der Waals surface area contributed by atoms with Crippen LogP contribution in [0.4, 0.5) is 14.7 Å². The number of nitrogens with two attached hydrogens (primary N) is 1. The number of halogens is 2. The van der Waals surface area contributed by atoms with Crippen molar-refractivity contribution in [2.45, 2.75) is 27.3 Å². The molecule has 0 spiro atoms. The molecule has 0 radical (unpaired) electrons. The molecule has 5 heteroatoms. The van der Waals surface area contributed by atoms with E-state index in [2.05, 4.69) is 18.8 Å². The predicted molar refractivity (Wildman–Crippen MR) is 68.1 cm³/mol. The molecule has 0 saturated heterocycles. The summed E-state index contributed by atoms with van der Waals surface area (Å²) in [6.45, 7) is 6.74. The topological polar surface area (TPSA) is 43.8 Å². The van der Waals surface area contributed by atoms with Crippen molar-refractivity contribution in [3.8, 4) is 0 Å². The molecule has 0 fully saturated rings. The van der Waals surface area contributed by atoms with Crippen molar-refractivity contribution >= 4 is 17.0 Å². The first-order chi connectivity index (χ1) is 8.41. The van der Waals surface area contributed by atoms with Gasteiger partial charge in [-0.15, -0.1) is 0 Å². The molecule has 18 heavy (non-hydrogen) atoms. The number of imidazole rings is 1. The quantitative estimate of drug-likeness (QED) is 0.913. The van der Waals surface area contributed by atoms with Crippen LogP contribution in [0.15, 0.2) is 12.1 Å². The van der Waals surface area contributed by atoms with Gasteiger partial charge in [0.15, 0.2) is 11.6 Å². The zero-order valence-corrected chi connectivity index (χ0v) is 10.7. The maximum Gasteiger partial charge on any atom is 0.201 e. The van der Waals surface area contributed by atoms with Crippen LogP contribution in [0.25, 0.3) is 11.0 Å². The Morgan fingerprint density at radius 1 is 1.28 bits per heavy atom. The number of fused-ring (bicyclic) bond motifs is 1. The lowest BCUT2D eigenvalue weighted by Crippen LogP contribution is -2.15. The number of rotatable bonds is 3. The lowest BCUT2D eigenvalue weighted by molar-refractivity contribution is 0.369. The number of anilines is 1. The molecule has 0 bridgehead atoms. The predicted octanol–water partition coefficient (Wildman–Crippen LogP) is 3.19. The van der Waals surface area contributed by atoms with Crippen LogP contribution in [-0.4, -0.2) is 9.55 Å². The molecule has 1 heterocycles. The van der Waals surface area contributed by atoms with E-state index in [0.29, 0.717) is 23.9 Å². The smallest absolute Gasteiger partial charge is 0.201 e. The molecule has 1 atom stereocenters. The highest BCUT2D eigenvalue weighted by Gasteiger charge is 2.18. The Morgan fingerprint density at radius 3 is 2.56 bits per heavy atom. The van der Waals surface area contributed by atoms with E-state index >= 15 is 0 Å². The molecular weight excluding hydrogens is 236 g/mol. The van der Waals surface area contributed by atoms with Crippen LogP contribution in [-0.2, 0) is 6.54 Å². The van der Waals surface area contributed by atoms with Crippen molar-refractivity contribution < 1.29 is 8.78 Å². The van der Waals surface area contributed by atoms with Gasteiger partial charge < -0.3 is 10.3 Å². The first-order valence-corrected chi connectivity index (χ1v) is 6.01. The minimum Gasteiger partial charge on any atom is -0.369 e. The van der Waals surface area contributed by atoms with E-state index in [1.807, 2.05) is 6.92 Å². The van der Waals surface area contributed by atoms with Crippen LogP contribution in [0.5, 0.6) is 0 Å². The fourth-order valence-corrected chi connectivity index (χ4v) is 1.86. The molecule has 2 rings (SSSR count). The SMILES string of the molecule is CC(C)C(C)Cn1c(N)nc2ccc(F)c(F)c21. The maximum atomic E-state index is 13.8. The first kappa shape index (κ1) is 12.8. The van der Waals surface area contributed by atoms with Gasteiger partial charge in [0.1, 0.15) is 5.52 Å². The van der Waals surface area contributed by atoms with Crippen LogP contribution in [0.2, 0.25) is 0 Å². The molecule has 1 aromatic heterocycles. The van der Waals surface area contributed by atoms with Gasteiger partial charge in [-0.2, -0.15) is 0 Å². The second kappa shape index (κ2) is 4.55. The highest BCUT2D eigenvalue weighted by atomic mass is 19.2. The molecule has 0 aliphatic heterocycles. The summed E-state index contributed by atoms with van der Waals surface area (Å²) in [5, 5.41) is 0. The lowest BCUT2D eigenvalue weighted by atomic mass is 9.98. The minimum absolute atomic E-state index is 0.153. The van der Waals surface area contributed by atoms with E-state index in [0.717, 1.165) is 6.07 Å². The highest BCUT2D eigenvalue weighted by molar-refractivity contribution is 5.79. The van der Waals surface area contributed by atoms with Crippen molar-refractivity contribution in [2.75, 3.05) is 5.73 Å². The molecule has 1 unspecified atom stereocenters. The highest BCUT2D eigenvalue weighted by Crippen LogP contribution is 2.25. The summed E-state index contributed by atoms with van der Waals surface area (Å²) in [6, 6.07) is 2.51. The van der Waals surface area contributed by atoms with Gasteiger partial charge in [0, 0.05) is 6.54 Å². The van der Waals surface area contributed by atoms with Gasteiger partial charge in [-0.1, -0.05) is 20.8 Å². The minimum atomic E-state index is -0.882. The fourth-order valence-electron chi connectivity index (χ4n) is 1.86. The van der Waals surface area contributed by atoms with E-state index in [-0.39, 0.29) is 11.5 Å². The average Bonchev–Trinajstić information content (AvgIpc) is 2.61. The Balaban J connectivity index is 2.55. The number of hydrogen-bond donors (Lipinski definition) is 1. The molecule has 0 aliphatic carbocycles. The Labute approximate surface area is 105 Å². The van der Waals surface area contributed by atoms with Crippen LogP contribution in [0, 0.1) is 23.5 Å². The molecule has 1 aromatic carbocycles. The number of benzene rings is 1. The summed E-state index contributed by atoms with van der Waals surface area (Å²) >= 11 is 0. The molecule has 0 amide bonds. The Morgan fingerprint density at radius 2 is 1.94 bits per heavy atom. The van der Waals surface area contributed by atoms with Crippen molar-refractivity contribution in [3.05, 3.63) is 23.8 Å². The number of nitrogens with zero attached hydrogens (tertiary/aromatic N) is 2. The van der Waals surface area contributed by atoms with Crippen LogP contribution in [0.3, 0.4) is 0 Å². The molecule has 2 aromatic rings. The summed E-state index contributed by atoms with van der Waals surface area (Å²) in [7, 11) is 0. The molecular formula is C13H17F2N3. The molecule has 98 valence electrons. The van der Waals surface area contributed by atoms with Gasteiger partial charge in [-0.25, -0.2) is 13.8 Å². The van der Waals surface area contributed by atoms with Gasteiger partial charge in [0.25, 0.3) is 0 Å². The first-order valence-electron chi connectivity index (χ1n) is 6.01. The molecule has 0 saturated carbocycles. The third-order valence-electron chi connectivity index (χ3n) is 3.44. The summed E-state index contributed by atoms with van der Waals surface area (Å²) in [4.78, 5) is 4.06. The summed E-state index contributed by atoms with van der Waals surface area (Å²) in [6.07, 6.45) is 0. The third kappa shape index (κ3) is 2.05. The van der Waals surface area contributed by atoms with Crippen molar-refractivity contribution in [1.29, 1.82) is 0 Å². The van der Waals surface area contributed by atoms with Gasteiger partial charge in [-0.3, -0.25) is 0 Å². The number of hydrogen-bond acceptors (Lipinski definition) is 2. The zero-order chi connectivity index (χ0) is 13.4. The van der Waals surface area contributed by atoms with Crippen molar-refractivity contribution in [3.63, 3.8) is 0 Å². The van der Waals surface area contributed by atoms with Crippen LogP contribution < -0.4 is 5.73 Å². The Bertz CT molecular complexity index is 575. The zero-order valence-electron chi connectivity index (χ0n) is 10.7. The largest absolute Gasteiger partial charge is 0.369 e. The summed E-state index contributed by atoms with van der Waals surface area (Å²) < 4.78 is 28.7. The van der Waals surface area contributed by atoms with Crippen molar-refractivity contribution in [1.82, 2.24) is 9.55 Å². The monoisotopic (exact) mass is 253 g/mol. The average molecular weight is 253 g/mol. The van der Waals surface area contributed by atoms with Gasteiger partial charge in [0.05, 0.1) is 5.52 Å².